The lowest BCUT2D eigenvalue weighted by Gasteiger charge is -2.09. The summed E-state index contributed by atoms with van der Waals surface area (Å²) in [5.74, 6) is -0.235. The Morgan fingerprint density at radius 1 is 1.14 bits per heavy atom. The number of esters is 2. The van der Waals surface area contributed by atoms with Gasteiger partial charge in [-0.3, -0.25) is 4.79 Å². The molecule has 0 saturated carbocycles. The summed E-state index contributed by atoms with van der Waals surface area (Å²) in [6, 6.07) is 7.13. The van der Waals surface area contributed by atoms with E-state index < -0.39 is 11.9 Å². The van der Waals surface area contributed by atoms with Crippen molar-refractivity contribution < 1.29 is 23.8 Å². The molecule has 0 amide bonds. The molecular formula is C16H20O5. The molecular weight excluding hydrogens is 272 g/mol. The minimum absolute atomic E-state index is 0.000177. The van der Waals surface area contributed by atoms with Crippen molar-refractivity contribution in [1.82, 2.24) is 0 Å². The number of hydrogen-bond acceptors (Lipinski definition) is 5. The molecule has 0 unspecified atom stereocenters. The summed E-state index contributed by atoms with van der Waals surface area (Å²) < 4.78 is 15.0. The normalized spacial score (nSPS) is 10.9. The summed E-state index contributed by atoms with van der Waals surface area (Å²) >= 11 is 0. The maximum Gasteiger partial charge on any atom is 0.331 e. The van der Waals surface area contributed by atoms with Crippen molar-refractivity contribution in [2.24, 2.45) is 0 Å². The van der Waals surface area contributed by atoms with E-state index in [1.807, 2.05) is 0 Å². The van der Waals surface area contributed by atoms with Crippen molar-refractivity contribution in [1.29, 1.82) is 0 Å². The van der Waals surface area contributed by atoms with Crippen LogP contribution in [0.5, 0.6) is 5.75 Å². The molecule has 1 aromatic carbocycles. The molecule has 5 heteroatoms. The lowest BCUT2D eigenvalue weighted by Crippen LogP contribution is -2.07. The van der Waals surface area contributed by atoms with Crippen LogP contribution in [0.15, 0.2) is 30.3 Å². The molecule has 0 aromatic heterocycles. The number of carbonyl (C=O) groups is 2. The van der Waals surface area contributed by atoms with Gasteiger partial charge in [0.1, 0.15) is 5.75 Å². The monoisotopic (exact) mass is 292 g/mol. The first kappa shape index (κ1) is 16.8. The second-order valence-electron chi connectivity index (χ2n) is 4.14. The van der Waals surface area contributed by atoms with E-state index in [2.05, 4.69) is 0 Å². The number of ether oxygens (including phenoxy) is 3. The van der Waals surface area contributed by atoms with Crippen molar-refractivity contribution >= 4 is 17.5 Å². The second-order valence-corrected chi connectivity index (χ2v) is 4.14. The van der Waals surface area contributed by atoms with Gasteiger partial charge >= 0.3 is 11.9 Å². The van der Waals surface area contributed by atoms with Gasteiger partial charge in [-0.15, -0.1) is 0 Å². The Labute approximate surface area is 124 Å². The van der Waals surface area contributed by atoms with Crippen molar-refractivity contribution in [2.75, 3.05) is 20.3 Å². The van der Waals surface area contributed by atoms with E-state index in [1.165, 1.54) is 6.08 Å². The van der Waals surface area contributed by atoms with E-state index in [0.717, 1.165) is 5.56 Å². The molecule has 0 fully saturated rings. The van der Waals surface area contributed by atoms with Crippen molar-refractivity contribution in [3.05, 3.63) is 35.9 Å². The minimum Gasteiger partial charge on any atom is -0.497 e. The predicted octanol–water partition coefficient (Wildman–Crippen LogP) is 2.59. The summed E-state index contributed by atoms with van der Waals surface area (Å²) in [4.78, 5) is 23.3. The van der Waals surface area contributed by atoms with Gasteiger partial charge in [0.05, 0.1) is 26.7 Å². The number of carbonyl (C=O) groups excluding carboxylic acids is 2. The van der Waals surface area contributed by atoms with Crippen LogP contribution in [-0.4, -0.2) is 32.3 Å². The standard InChI is InChI=1S/C16H20O5/c1-4-20-15(17)10-13(11-16(18)21-5-2)12-7-6-8-14(9-12)19-3/h6-10H,4-5,11H2,1-3H3/b13-10+. The molecule has 1 rings (SSSR count). The fraction of sp³-hybridized carbons (Fsp3) is 0.375. The topological polar surface area (TPSA) is 61.8 Å². The number of hydrogen-bond donors (Lipinski definition) is 0. The molecule has 21 heavy (non-hydrogen) atoms. The zero-order chi connectivity index (χ0) is 15.7. The van der Waals surface area contributed by atoms with E-state index in [4.69, 9.17) is 14.2 Å². The summed E-state index contributed by atoms with van der Waals surface area (Å²) in [6.07, 6.45) is 1.31. The number of rotatable bonds is 7. The number of methoxy groups -OCH3 is 1. The van der Waals surface area contributed by atoms with E-state index in [9.17, 15) is 9.59 Å². The third-order valence-corrected chi connectivity index (χ3v) is 2.66. The highest BCUT2D eigenvalue weighted by Gasteiger charge is 2.12. The average Bonchev–Trinajstić information content (AvgIpc) is 2.47. The van der Waals surface area contributed by atoms with E-state index >= 15 is 0 Å². The lowest BCUT2D eigenvalue weighted by molar-refractivity contribution is -0.141. The Morgan fingerprint density at radius 3 is 2.48 bits per heavy atom. The van der Waals surface area contributed by atoms with Crippen molar-refractivity contribution in [3.8, 4) is 5.75 Å². The third kappa shape index (κ3) is 5.69. The van der Waals surface area contributed by atoms with Gasteiger partial charge in [-0.25, -0.2) is 4.79 Å². The maximum absolute atomic E-state index is 11.7. The molecule has 0 aliphatic heterocycles. The summed E-state index contributed by atoms with van der Waals surface area (Å²) in [5, 5.41) is 0. The molecule has 0 aliphatic carbocycles. The van der Waals surface area contributed by atoms with Gasteiger partial charge in [0, 0.05) is 6.08 Å². The quantitative estimate of drug-likeness (QED) is 0.571. The maximum atomic E-state index is 11.7. The van der Waals surface area contributed by atoms with Crippen LogP contribution in [0.3, 0.4) is 0 Å². The molecule has 0 heterocycles. The average molecular weight is 292 g/mol. The summed E-state index contributed by atoms with van der Waals surface area (Å²) in [5.41, 5.74) is 1.25. The van der Waals surface area contributed by atoms with Gasteiger partial charge in [0.15, 0.2) is 0 Å². The smallest absolute Gasteiger partial charge is 0.331 e. The molecule has 0 spiro atoms. The Hall–Kier alpha value is -2.30. The Kier molecular flexibility index (Phi) is 7.01. The van der Waals surface area contributed by atoms with Crippen LogP contribution < -0.4 is 4.74 Å². The van der Waals surface area contributed by atoms with Gasteiger partial charge in [-0.1, -0.05) is 12.1 Å². The van der Waals surface area contributed by atoms with Crippen molar-refractivity contribution in [3.63, 3.8) is 0 Å². The Balaban J connectivity index is 3.05. The van der Waals surface area contributed by atoms with Gasteiger partial charge in [0.2, 0.25) is 0 Å². The number of benzene rings is 1. The van der Waals surface area contributed by atoms with Crippen LogP contribution >= 0.6 is 0 Å². The van der Waals surface area contributed by atoms with Crippen LogP contribution in [0.4, 0.5) is 0 Å². The third-order valence-electron chi connectivity index (χ3n) is 2.66. The SMILES string of the molecule is CCOC(=O)/C=C(\CC(=O)OCC)c1cccc(OC)c1. The van der Waals surface area contributed by atoms with Gasteiger partial charge in [0.25, 0.3) is 0 Å². The molecule has 1 aromatic rings. The molecule has 0 bridgehead atoms. The lowest BCUT2D eigenvalue weighted by atomic mass is 10.0. The zero-order valence-corrected chi connectivity index (χ0v) is 12.5. The van der Waals surface area contributed by atoms with E-state index in [1.54, 1.807) is 45.2 Å². The van der Waals surface area contributed by atoms with Gasteiger partial charge < -0.3 is 14.2 Å². The Morgan fingerprint density at radius 2 is 1.86 bits per heavy atom. The van der Waals surface area contributed by atoms with Gasteiger partial charge in [-0.2, -0.15) is 0 Å². The zero-order valence-electron chi connectivity index (χ0n) is 12.5. The highest BCUT2D eigenvalue weighted by atomic mass is 16.5. The first-order valence-corrected chi connectivity index (χ1v) is 6.78. The van der Waals surface area contributed by atoms with E-state index in [0.29, 0.717) is 17.9 Å². The molecule has 114 valence electrons. The fourth-order valence-corrected chi connectivity index (χ4v) is 1.75. The van der Waals surface area contributed by atoms with Crippen LogP contribution in [0.25, 0.3) is 5.57 Å². The largest absolute Gasteiger partial charge is 0.497 e. The van der Waals surface area contributed by atoms with Crippen molar-refractivity contribution in [2.45, 2.75) is 20.3 Å². The highest BCUT2D eigenvalue weighted by Crippen LogP contribution is 2.23. The van der Waals surface area contributed by atoms with Crippen LogP contribution in [0, 0.1) is 0 Å². The van der Waals surface area contributed by atoms with Crippen LogP contribution in [0.1, 0.15) is 25.8 Å². The molecule has 0 radical (unpaired) electrons. The first-order valence-electron chi connectivity index (χ1n) is 6.78. The van der Waals surface area contributed by atoms with E-state index in [-0.39, 0.29) is 13.0 Å². The Bertz CT molecular complexity index is 519. The molecule has 0 atom stereocenters. The summed E-state index contributed by atoms with van der Waals surface area (Å²) in [6.45, 7) is 4.03. The van der Waals surface area contributed by atoms with Gasteiger partial charge in [-0.05, 0) is 37.1 Å². The van der Waals surface area contributed by atoms with Crippen LogP contribution in [0.2, 0.25) is 0 Å². The molecule has 0 N–H and O–H groups in total. The van der Waals surface area contributed by atoms with Crippen LogP contribution in [-0.2, 0) is 19.1 Å². The molecule has 5 nitrogen and oxygen atoms in total. The molecule has 0 aliphatic rings. The predicted molar refractivity (Wildman–Crippen MR) is 78.9 cm³/mol. The highest BCUT2D eigenvalue weighted by molar-refractivity contribution is 5.96. The minimum atomic E-state index is -0.486. The molecule has 0 saturated heterocycles. The first-order chi connectivity index (χ1) is 10.1. The second kappa shape index (κ2) is 8.79. The fourth-order valence-electron chi connectivity index (χ4n) is 1.75. The summed E-state index contributed by atoms with van der Waals surface area (Å²) in [7, 11) is 1.55.